The van der Waals surface area contributed by atoms with Crippen LogP contribution >= 0.6 is 0 Å². The number of methoxy groups -OCH3 is 1. The third-order valence-electron chi connectivity index (χ3n) is 2.90. The van der Waals surface area contributed by atoms with Gasteiger partial charge in [0.2, 0.25) is 5.95 Å². The van der Waals surface area contributed by atoms with E-state index in [-0.39, 0.29) is 6.04 Å². The van der Waals surface area contributed by atoms with Crippen molar-refractivity contribution < 1.29 is 4.74 Å². The first-order chi connectivity index (χ1) is 8.11. The van der Waals surface area contributed by atoms with Crippen LogP contribution in [-0.2, 0) is 4.74 Å². The number of H-pyrrole nitrogens is 1. The molecule has 5 nitrogen and oxygen atoms in total. The van der Waals surface area contributed by atoms with Gasteiger partial charge in [-0.2, -0.15) is 0 Å². The Morgan fingerprint density at radius 1 is 1.53 bits per heavy atom. The second-order valence-electron chi connectivity index (χ2n) is 4.25. The number of imidazole rings is 1. The van der Waals surface area contributed by atoms with Crippen molar-refractivity contribution >= 4 is 22.7 Å². The number of hydrogen-bond acceptors (Lipinski definition) is 4. The van der Waals surface area contributed by atoms with Crippen LogP contribution < -0.4 is 10.6 Å². The van der Waals surface area contributed by atoms with E-state index >= 15 is 0 Å². The Labute approximate surface area is 101 Å². The van der Waals surface area contributed by atoms with Gasteiger partial charge in [0.05, 0.1) is 23.7 Å². The minimum atomic E-state index is 0.262. The number of anilines is 2. The molecule has 0 aliphatic heterocycles. The zero-order chi connectivity index (χ0) is 12.4. The highest BCUT2D eigenvalue weighted by atomic mass is 16.5. The van der Waals surface area contributed by atoms with E-state index in [1.54, 1.807) is 7.11 Å². The summed E-state index contributed by atoms with van der Waals surface area (Å²) in [7, 11) is 3.69. The van der Waals surface area contributed by atoms with Crippen LogP contribution in [0.15, 0.2) is 18.2 Å². The number of aromatic amines is 1. The Bertz CT molecular complexity index is 508. The second kappa shape index (κ2) is 4.63. The van der Waals surface area contributed by atoms with Crippen LogP contribution in [0.5, 0.6) is 0 Å². The molecular weight excluding hydrogens is 216 g/mol. The van der Waals surface area contributed by atoms with Crippen molar-refractivity contribution in [1.29, 1.82) is 0 Å². The zero-order valence-corrected chi connectivity index (χ0v) is 10.4. The van der Waals surface area contributed by atoms with E-state index < -0.39 is 0 Å². The Kier molecular flexibility index (Phi) is 3.19. The summed E-state index contributed by atoms with van der Waals surface area (Å²) in [5.74, 6) is 0.829. The van der Waals surface area contributed by atoms with E-state index in [1.165, 1.54) is 0 Å². The van der Waals surface area contributed by atoms with Crippen LogP contribution in [0.3, 0.4) is 0 Å². The maximum absolute atomic E-state index is 5.74. The van der Waals surface area contributed by atoms with Gasteiger partial charge >= 0.3 is 0 Å². The summed E-state index contributed by atoms with van der Waals surface area (Å²) in [4.78, 5) is 9.83. The van der Waals surface area contributed by atoms with Crippen LogP contribution in [0.4, 0.5) is 11.6 Å². The number of ether oxygens (including phenoxy) is 1. The van der Waals surface area contributed by atoms with Gasteiger partial charge in [0.25, 0.3) is 0 Å². The van der Waals surface area contributed by atoms with Gasteiger partial charge in [-0.15, -0.1) is 0 Å². The van der Waals surface area contributed by atoms with Gasteiger partial charge in [0.15, 0.2) is 0 Å². The topological polar surface area (TPSA) is 67.2 Å². The number of nitrogens with zero attached hydrogens (tertiary/aromatic N) is 2. The molecule has 5 heteroatoms. The van der Waals surface area contributed by atoms with Gasteiger partial charge in [-0.3, -0.25) is 0 Å². The van der Waals surface area contributed by atoms with Crippen LogP contribution in [-0.4, -0.2) is 36.8 Å². The first-order valence-electron chi connectivity index (χ1n) is 5.59. The summed E-state index contributed by atoms with van der Waals surface area (Å²) in [6.07, 6.45) is 0. The average molecular weight is 234 g/mol. The van der Waals surface area contributed by atoms with Gasteiger partial charge < -0.3 is 20.4 Å². The summed E-state index contributed by atoms with van der Waals surface area (Å²) in [5, 5.41) is 0. The largest absolute Gasteiger partial charge is 0.399 e. The standard InChI is InChI=1S/C12H18N4O/c1-8(7-17-3)16(2)12-14-10-5-4-9(13)6-11(10)15-12/h4-6,8H,7,13H2,1-3H3,(H,14,15). The van der Waals surface area contributed by atoms with Crippen molar-refractivity contribution in [3.8, 4) is 0 Å². The van der Waals surface area contributed by atoms with E-state index in [0.717, 1.165) is 22.7 Å². The Balaban J connectivity index is 2.29. The van der Waals surface area contributed by atoms with Crippen molar-refractivity contribution in [2.45, 2.75) is 13.0 Å². The Morgan fingerprint density at radius 2 is 2.29 bits per heavy atom. The Morgan fingerprint density at radius 3 is 3.00 bits per heavy atom. The predicted molar refractivity (Wildman–Crippen MR) is 70.2 cm³/mol. The molecule has 0 bridgehead atoms. The normalized spacial score (nSPS) is 12.9. The number of likely N-dealkylation sites (N-methyl/N-ethyl adjacent to an activating group) is 1. The molecule has 1 aromatic heterocycles. The smallest absolute Gasteiger partial charge is 0.203 e. The number of fused-ring (bicyclic) bond motifs is 1. The summed E-state index contributed by atoms with van der Waals surface area (Å²) < 4.78 is 5.14. The molecule has 1 atom stereocenters. The maximum Gasteiger partial charge on any atom is 0.203 e. The molecule has 2 aromatic rings. The van der Waals surface area contributed by atoms with E-state index in [0.29, 0.717) is 6.61 Å². The molecule has 0 aliphatic rings. The highest BCUT2D eigenvalue weighted by molar-refractivity contribution is 5.80. The number of nitrogen functional groups attached to an aromatic ring is 1. The zero-order valence-electron chi connectivity index (χ0n) is 10.4. The SMILES string of the molecule is COCC(C)N(C)c1nc2ccc(N)cc2[nH]1. The Hall–Kier alpha value is -1.75. The number of hydrogen-bond donors (Lipinski definition) is 2. The monoisotopic (exact) mass is 234 g/mol. The third kappa shape index (κ3) is 2.34. The first kappa shape index (κ1) is 11.7. The molecule has 0 aliphatic carbocycles. The summed E-state index contributed by atoms with van der Waals surface area (Å²) >= 11 is 0. The highest BCUT2D eigenvalue weighted by Crippen LogP contribution is 2.20. The molecule has 1 heterocycles. The number of nitrogens with one attached hydrogen (secondary N) is 1. The van der Waals surface area contributed by atoms with Gasteiger partial charge in [0, 0.05) is 19.8 Å². The minimum absolute atomic E-state index is 0.262. The fourth-order valence-electron chi connectivity index (χ4n) is 1.74. The molecule has 0 amide bonds. The van der Waals surface area contributed by atoms with Crippen molar-refractivity contribution in [1.82, 2.24) is 9.97 Å². The quantitative estimate of drug-likeness (QED) is 0.789. The molecule has 0 fully saturated rings. The lowest BCUT2D eigenvalue weighted by atomic mass is 10.3. The average Bonchev–Trinajstić information content (AvgIpc) is 2.71. The molecular formula is C12H18N4O. The van der Waals surface area contributed by atoms with E-state index in [9.17, 15) is 0 Å². The van der Waals surface area contributed by atoms with E-state index in [2.05, 4.69) is 21.8 Å². The molecule has 0 radical (unpaired) electrons. The van der Waals surface area contributed by atoms with Gasteiger partial charge in [-0.05, 0) is 25.1 Å². The molecule has 2 rings (SSSR count). The molecule has 92 valence electrons. The van der Waals surface area contributed by atoms with Gasteiger partial charge in [0.1, 0.15) is 0 Å². The van der Waals surface area contributed by atoms with Crippen molar-refractivity contribution in [3.63, 3.8) is 0 Å². The summed E-state index contributed by atoms with van der Waals surface area (Å²) in [6.45, 7) is 2.75. The first-order valence-corrected chi connectivity index (χ1v) is 5.59. The lowest BCUT2D eigenvalue weighted by Gasteiger charge is -2.23. The molecule has 1 unspecified atom stereocenters. The van der Waals surface area contributed by atoms with Crippen LogP contribution in [0.2, 0.25) is 0 Å². The molecule has 1 aromatic carbocycles. The summed E-state index contributed by atoms with van der Waals surface area (Å²) in [5.41, 5.74) is 8.35. The van der Waals surface area contributed by atoms with Crippen molar-refractivity contribution in [2.24, 2.45) is 0 Å². The third-order valence-corrected chi connectivity index (χ3v) is 2.90. The maximum atomic E-state index is 5.74. The number of benzene rings is 1. The fraction of sp³-hybridized carbons (Fsp3) is 0.417. The summed E-state index contributed by atoms with van der Waals surface area (Å²) in [6, 6.07) is 5.92. The van der Waals surface area contributed by atoms with Crippen LogP contribution in [0.1, 0.15) is 6.92 Å². The van der Waals surface area contributed by atoms with E-state index in [4.69, 9.17) is 10.5 Å². The molecule has 0 spiro atoms. The number of rotatable bonds is 4. The molecule has 17 heavy (non-hydrogen) atoms. The van der Waals surface area contributed by atoms with Gasteiger partial charge in [-0.1, -0.05) is 0 Å². The predicted octanol–water partition coefficient (Wildman–Crippen LogP) is 1.62. The minimum Gasteiger partial charge on any atom is -0.399 e. The van der Waals surface area contributed by atoms with Crippen molar-refractivity contribution in [3.05, 3.63) is 18.2 Å². The second-order valence-corrected chi connectivity index (χ2v) is 4.25. The molecule has 3 N–H and O–H groups in total. The fourth-order valence-corrected chi connectivity index (χ4v) is 1.74. The number of nitrogens with two attached hydrogens (primary N) is 1. The van der Waals surface area contributed by atoms with Gasteiger partial charge in [-0.25, -0.2) is 4.98 Å². The number of aromatic nitrogens is 2. The molecule has 0 saturated heterocycles. The molecule has 0 saturated carbocycles. The lowest BCUT2D eigenvalue weighted by Crippen LogP contribution is -2.33. The van der Waals surface area contributed by atoms with Crippen LogP contribution in [0.25, 0.3) is 11.0 Å². The van der Waals surface area contributed by atoms with Crippen molar-refractivity contribution in [2.75, 3.05) is 31.4 Å². The highest BCUT2D eigenvalue weighted by Gasteiger charge is 2.13. The van der Waals surface area contributed by atoms with E-state index in [1.807, 2.05) is 25.2 Å². The van der Waals surface area contributed by atoms with Crippen LogP contribution in [0, 0.1) is 0 Å². The lowest BCUT2D eigenvalue weighted by molar-refractivity contribution is 0.183.